The topological polar surface area (TPSA) is 30.5 Å². The van der Waals surface area contributed by atoms with Crippen molar-refractivity contribution in [2.75, 3.05) is 13.2 Å². The molecule has 2 rings (SSSR count). The molecule has 112 valence electrons. The molecule has 0 bridgehead atoms. The first-order valence-electron chi connectivity index (χ1n) is 7.12. The minimum Gasteiger partial charge on any atom is -0.486 e. The predicted octanol–water partition coefficient (Wildman–Crippen LogP) is 4.03. The van der Waals surface area contributed by atoms with Gasteiger partial charge in [-0.2, -0.15) is 0 Å². The third-order valence-corrected chi connectivity index (χ3v) is 4.23. The Morgan fingerprint density at radius 3 is 2.85 bits per heavy atom. The molecule has 1 N–H and O–H groups in total. The highest BCUT2D eigenvalue weighted by Crippen LogP contribution is 2.34. The third kappa shape index (κ3) is 3.88. The average molecular weight is 363 g/mol. The van der Waals surface area contributed by atoms with Crippen molar-refractivity contribution in [2.45, 2.75) is 44.9 Å². The molecular formula is C15H21BrClNO2. The monoisotopic (exact) mass is 361 g/mol. The van der Waals surface area contributed by atoms with Crippen molar-refractivity contribution < 1.29 is 9.47 Å². The van der Waals surface area contributed by atoms with Crippen LogP contribution in [0.2, 0.25) is 5.02 Å². The van der Waals surface area contributed by atoms with Gasteiger partial charge in [0.1, 0.15) is 18.0 Å². The van der Waals surface area contributed by atoms with Crippen molar-refractivity contribution in [3.63, 3.8) is 0 Å². The van der Waals surface area contributed by atoms with Crippen LogP contribution in [0.1, 0.15) is 26.7 Å². The number of ether oxygens (including phenoxy) is 2. The normalized spacial score (nSPS) is 25.3. The summed E-state index contributed by atoms with van der Waals surface area (Å²) in [4.78, 5) is 0. The molecule has 0 aromatic heterocycles. The Labute approximate surface area is 134 Å². The van der Waals surface area contributed by atoms with E-state index in [9.17, 15) is 0 Å². The average Bonchev–Trinajstić information content (AvgIpc) is 2.41. The highest BCUT2D eigenvalue weighted by atomic mass is 79.9. The molecule has 3 unspecified atom stereocenters. The molecule has 0 saturated heterocycles. The van der Waals surface area contributed by atoms with Crippen LogP contribution in [-0.2, 0) is 4.74 Å². The van der Waals surface area contributed by atoms with Gasteiger partial charge in [-0.05, 0) is 38.1 Å². The van der Waals surface area contributed by atoms with Crippen molar-refractivity contribution in [1.29, 1.82) is 0 Å². The summed E-state index contributed by atoms with van der Waals surface area (Å²) >= 11 is 9.58. The Balaban J connectivity index is 1.95. The largest absolute Gasteiger partial charge is 0.486 e. The Kier molecular flexibility index (Phi) is 6.15. The van der Waals surface area contributed by atoms with Crippen LogP contribution in [0.3, 0.4) is 0 Å². The van der Waals surface area contributed by atoms with Gasteiger partial charge < -0.3 is 14.8 Å². The fourth-order valence-electron chi connectivity index (χ4n) is 2.38. The van der Waals surface area contributed by atoms with Crippen LogP contribution in [0.5, 0.6) is 5.75 Å². The minimum atomic E-state index is 0.0722. The summed E-state index contributed by atoms with van der Waals surface area (Å²) in [6, 6.07) is 6.05. The van der Waals surface area contributed by atoms with Gasteiger partial charge in [0.25, 0.3) is 0 Å². The molecule has 1 aromatic rings. The zero-order valence-corrected chi connectivity index (χ0v) is 14.2. The van der Waals surface area contributed by atoms with Crippen LogP contribution < -0.4 is 10.1 Å². The summed E-state index contributed by atoms with van der Waals surface area (Å²) in [5, 5.41) is 4.12. The van der Waals surface area contributed by atoms with Gasteiger partial charge in [0.05, 0.1) is 5.02 Å². The molecule has 0 radical (unpaired) electrons. The van der Waals surface area contributed by atoms with E-state index in [1.54, 1.807) is 0 Å². The van der Waals surface area contributed by atoms with Gasteiger partial charge in [0.15, 0.2) is 0 Å². The molecule has 0 aliphatic heterocycles. The number of nitrogens with one attached hydrogen (secondary N) is 1. The maximum Gasteiger partial charge on any atom is 0.138 e. The molecular weight excluding hydrogens is 342 g/mol. The van der Waals surface area contributed by atoms with Gasteiger partial charge in [0, 0.05) is 23.5 Å². The zero-order chi connectivity index (χ0) is 14.5. The Hall–Kier alpha value is -0.290. The van der Waals surface area contributed by atoms with Gasteiger partial charge in [-0.15, -0.1) is 0 Å². The molecule has 3 atom stereocenters. The van der Waals surface area contributed by atoms with E-state index in [2.05, 4.69) is 28.2 Å². The molecule has 1 aromatic carbocycles. The van der Waals surface area contributed by atoms with Gasteiger partial charge in [-0.3, -0.25) is 0 Å². The van der Waals surface area contributed by atoms with Crippen LogP contribution in [0, 0.1) is 0 Å². The number of benzene rings is 1. The molecule has 0 heterocycles. The lowest BCUT2D eigenvalue weighted by Gasteiger charge is -2.44. The molecule has 1 saturated carbocycles. The van der Waals surface area contributed by atoms with Crippen molar-refractivity contribution in [2.24, 2.45) is 0 Å². The van der Waals surface area contributed by atoms with Crippen LogP contribution in [0.15, 0.2) is 22.7 Å². The van der Waals surface area contributed by atoms with Crippen LogP contribution >= 0.6 is 27.5 Å². The summed E-state index contributed by atoms with van der Waals surface area (Å²) in [5.74, 6) is 0.721. The lowest BCUT2D eigenvalue weighted by atomic mass is 9.85. The van der Waals surface area contributed by atoms with E-state index < -0.39 is 0 Å². The standard InChI is InChI=1S/C15H21BrClNO2/c1-3-7-18-12-9-14(15(12)19-4-2)20-13-6-5-10(16)8-11(13)17/h5-6,8,12,14-15,18H,3-4,7,9H2,1-2H3. The lowest BCUT2D eigenvalue weighted by molar-refractivity contribution is -0.104. The first kappa shape index (κ1) is 16.1. The van der Waals surface area contributed by atoms with E-state index in [0.29, 0.717) is 17.7 Å². The smallest absolute Gasteiger partial charge is 0.138 e. The number of rotatable bonds is 7. The molecule has 5 heteroatoms. The maximum absolute atomic E-state index is 6.19. The summed E-state index contributed by atoms with van der Waals surface area (Å²) in [5.41, 5.74) is 0. The van der Waals surface area contributed by atoms with Crippen molar-refractivity contribution in [3.8, 4) is 5.75 Å². The summed E-state index contributed by atoms with van der Waals surface area (Å²) in [6.45, 7) is 5.89. The van der Waals surface area contributed by atoms with Gasteiger partial charge in [-0.1, -0.05) is 34.5 Å². The van der Waals surface area contributed by atoms with Crippen molar-refractivity contribution in [1.82, 2.24) is 5.32 Å². The molecule has 1 aliphatic rings. The van der Waals surface area contributed by atoms with E-state index in [0.717, 1.165) is 29.6 Å². The number of hydrogen-bond acceptors (Lipinski definition) is 3. The molecule has 1 aliphatic carbocycles. The molecule has 0 spiro atoms. The highest BCUT2D eigenvalue weighted by molar-refractivity contribution is 9.10. The van der Waals surface area contributed by atoms with E-state index in [-0.39, 0.29) is 12.2 Å². The molecule has 1 fully saturated rings. The van der Waals surface area contributed by atoms with Crippen molar-refractivity contribution >= 4 is 27.5 Å². The zero-order valence-electron chi connectivity index (χ0n) is 11.9. The van der Waals surface area contributed by atoms with Crippen LogP contribution in [0.4, 0.5) is 0 Å². The third-order valence-electron chi connectivity index (χ3n) is 3.44. The van der Waals surface area contributed by atoms with Crippen LogP contribution in [-0.4, -0.2) is 31.4 Å². The quantitative estimate of drug-likeness (QED) is 0.794. The van der Waals surface area contributed by atoms with Gasteiger partial charge in [0.2, 0.25) is 0 Å². The van der Waals surface area contributed by atoms with Gasteiger partial charge >= 0.3 is 0 Å². The second-order valence-corrected chi connectivity index (χ2v) is 6.27. The Morgan fingerprint density at radius 2 is 2.20 bits per heavy atom. The molecule has 3 nitrogen and oxygen atoms in total. The van der Waals surface area contributed by atoms with E-state index in [1.807, 2.05) is 25.1 Å². The summed E-state index contributed by atoms with van der Waals surface area (Å²) < 4.78 is 12.7. The second kappa shape index (κ2) is 7.64. The SMILES string of the molecule is CCCNC1CC(Oc2ccc(Br)cc2Cl)C1OCC. The first-order chi connectivity index (χ1) is 9.65. The van der Waals surface area contributed by atoms with Crippen molar-refractivity contribution in [3.05, 3.63) is 27.7 Å². The lowest BCUT2D eigenvalue weighted by Crippen LogP contribution is -2.61. The van der Waals surface area contributed by atoms with Gasteiger partial charge in [-0.25, -0.2) is 0 Å². The molecule has 0 amide bonds. The second-order valence-electron chi connectivity index (χ2n) is 4.95. The maximum atomic E-state index is 6.19. The predicted molar refractivity (Wildman–Crippen MR) is 85.7 cm³/mol. The molecule has 20 heavy (non-hydrogen) atoms. The number of halogens is 2. The first-order valence-corrected chi connectivity index (χ1v) is 8.29. The summed E-state index contributed by atoms with van der Waals surface area (Å²) in [7, 11) is 0. The van der Waals surface area contributed by atoms with Crippen LogP contribution in [0.25, 0.3) is 0 Å². The minimum absolute atomic E-state index is 0.0722. The Morgan fingerprint density at radius 1 is 1.40 bits per heavy atom. The van der Waals surface area contributed by atoms with E-state index in [1.165, 1.54) is 0 Å². The fraction of sp³-hybridized carbons (Fsp3) is 0.600. The Bertz CT molecular complexity index is 444. The number of hydrogen-bond donors (Lipinski definition) is 1. The van der Waals surface area contributed by atoms with E-state index in [4.69, 9.17) is 21.1 Å². The fourth-order valence-corrected chi connectivity index (χ4v) is 3.09. The highest BCUT2D eigenvalue weighted by Gasteiger charge is 2.43. The van der Waals surface area contributed by atoms with E-state index >= 15 is 0 Å². The summed E-state index contributed by atoms with van der Waals surface area (Å²) in [6.07, 6.45) is 2.26.